The quantitative estimate of drug-likeness (QED) is 0.593. The summed E-state index contributed by atoms with van der Waals surface area (Å²) in [5.74, 6) is 0.852. The molecule has 1 amide bonds. The second-order valence-electron chi connectivity index (χ2n) is 6.71. The maximum Gasteiger partial charge on any atom is 0.273 e. The number of H-pyrrole nitrogens is 1. The molecule has 0 bridgehead atoms. The summed E-state index contributed by atoms with van der Waals surface area (Å²) in [6.07, 6.45) is 3.27. The summed E-state index contributed by atoms with van der Waals surface area (Å²) in [5.41, 5.74) is 3.44. The molecule has 27 heavy (non-hydrogen) atoms. The van der Waals surface area contributed by atoms with E-state index >= 15 is 0 Å². The number of carbonyl (C=O) groups is 1. The van der Waals surface area contributed by atoms with Crippen molar-refractivity contribution in [1.29, 1.82) is 0 Å². The molecule has 5 nitrogen and oxygen atoms in total. The molecule has 4 rings (SSSR count). The Morgan fingerprint density at radius 3 is 2.70 bits per heavy atom. The van der Waals surface area contributed by atoms with Crippen molar-refractivity contribution in [3.8, 4) is 17.0 Å². The minimum atomic E-state index is -0.0693. The van der Waals surface area contributed by atoms with E-state index in [1.807, 2.05) is 35.2 Å². The Kier molecular flexibility index (Phi) is 4.99. The number of rotatable bonds is 7. The number of hydrogen-bond acceptors (Lipinski definition) is 4. The van der Waals surface area contributed by atoms with Gasteiger partial charge in [-0.3, -0.25) is 9.89 Å². The lowest BCUT2D eigenvalue weighted by Gasteiger charge is -2.25. The summed E-state index contributed by atoms with van der Waals surface area (Å²) in [6, 6.07) is 11.9. The summed E-state index contributed by atoms with van der Waals surface area (Å²) in [4.78, 5) is 16.3. The number of thiophene rings is 1. The molecular formula is C21H23N3O2S. The van der Waals surface area contributed by atoms with Crippen molar-refractivity contribution in [1.82, 2.24) is 15.1 Å². The fourth-order valence-electron chi connectivity index (χ4n) is 3.67. The molecule has 1 unspecified atom stereocenters. The van der Waals surface area contributed by atoms with Crippen LogP contribution in [0.4, 0.5) is 0 Å². The van der Waals surface area contributed by atoms with Crippen LogP contribution in [0.3, 0.4) is 0 Å². The van der Waals surface area contributed by atoms with Crippen LogP contribution in [0.15, 0.2) is 41.8 Å². The van der Waals surface area contributed by atoms with E-state index in [2.05, 4.69) is 28.6 Å². The van der Waals surface area contributed by atoms with Gasteiger partial charge in [0, 0.05) is 22.5 Å². The van der Waals surface area contributed by atoms with Gasteiger partial charge in [-0.2, -0.15) is 5.10 Å². The van der Waals surface area contributed by atoms with Crippen LogP contribution in [0.2, 0.25) is 0 Å². The zero-order valence-electron chi connectivity index (χ0n) is 15.6. The molecule has 1 N–H and O–H groups in total. The Hall–Kier alpha value is -2.60. The van der Waals surface area contributed by atoms with E-state index in [-0.39, 0.29) is 11.9 Å². The number of ether oxygens (including phenoxy) is 1. The van der Waals surface area contributed by atoms with Crippen LogP contribution in [-0.2, 0) is 0 Å². The molecule has 0 spiro atoms. The van der Waals surface area contributed by atoms with Gasteiger partial charge in [0.2, 0.25) is 0 Å². The first-order valence-electron chi connectivity index (χ1n) is 9.31. The van der Waals surface area contributed by atoms with Crippen molar-refractivity contribution in [2.75, 3.05) is 13.7 Å². The summed E-state index contributed by atoms with van der Waals surface area (Å²) in [6.45, 7) is 2.94. The lowest BCUT2D eigenvalue weighted by Crippen LogP contribution is -2.30. The van der Waals surface area contributed by atoms with E-state index < -0.39 is 0 Å². The van der Waals surface area contributed by atoms with Gasteiger partial charge in [-0.05, 0) is 42.1 Å². The molecule has 1 aromatic carbocycles. The van der Waals surface area contributed by atoms with Gasteiger partial charge in [0.25, 0.3) is 5.91 Å². The summed E-state index contributed by atoms with van der Waals surface area (Å²) < 4.78 is 5.26. The normalized spacial score (nSPS) is 16.0. The number of carbonyl (C=O) groups excluding carboxylic acids is 1. The number of amides is 1. The zero-order valence-corrected chi connectivity index (χ0v) is 16.4. The van der Waals surface area contributed by atoms with E-state index in [9.17, 15) is 4.79 Å². The molecular weight excluding hydrogens is 358 g/mol. The molecule has 0 aliphatic carbocycles. The number of unbranched alkanes of at least 4 members (excludes halogenated alkanes) is 2. The number of methoxy groups -OCH3 is 1. The third kappa shape index (κ3) is 3.14. The highest BCUT2D eigenvalue weighted by atomic mass is 32.1. The molecule has 0 saturated heterocycles. The summed E-state index contributed by atoms with van der Waals surface area (Å²) in [5, 5.41) is 9.57. The number of aromatic nitrogens is 2. The third-order valence-corrected chi connectivity index (χ3v) is 5.97. The predicted octanol–water partition coefficient (Wildman–Crippen LogP) is 4.88. The van der Waals surface area contributed by atoms with Crippen molar-refractivity contribution in [2.24, 2.45) is 0 Å². The highest BCUT2D eigenvalue weighted by Gasteiger charge is 2.42. The molecule has 140 valence electrons. The summed E-state index contributed by atoms with van der Waals surface area (Å²) >= 11 is 1.69. The van der Waals surface area contributed by atoms with Crippen molar-refractivity contribution in [2.45, 2.75) is 32.2 Å². The van der Waals surface area contributed by atoms with Crippen molar-refractivity contribution in [3.63, 3.8) is 0 Å². The van der Waals surface area contributed by atoms with Crippen molar-refractivity contribution < 1.29 is 9.53 Å². The standard InChI is InChI=1S/C21H23N3O2S/c1-3-4-5-12-24-20(16-7-6-13-27-16)17-18(22-23-19(17)21(24)25)14-8-10-15(26-2)11-9-14/h6-11,13,20H,3-5,12H2,1-2H3,(H,22,23). The molecule has 1 aliphatic heterocycles. The van der Waals surface area contributed by atoms with E-state index in [0.717, 1.165) is 48.4 Å². The fourth-order valence-corrected chi connectivity index (χ4v) is 4.52. The fraction of sp³-hybridized carbons (Fsp3) is 0.333. The van der Waals surface area contributed by atoms with E-state index in [4.69, 9.17) is 4.74 Å². The largest absolute Gasteiger partial charge is 0.497 e. The van der Waals surface area contributed by atoms with E-state index in [1.54, 1.807) is 18.4 Å². The van der Waals surface area contributed by atoms with Gasteiger partial charge in [-0.25, -0.2) is 0 Å². The lowest BCUT2D eigenvalue weighted by molar-refractivity contribution is 0.0742. The minimum absolute atomic E-state index is 0.0479. The second kappa shape index (κ2) is 7.56. The Bertz CT molecular complexity index is 916. The Labute approximate surface area is 163 Å². The molecule has 3 aromatic rings. The van der Waals surface area contributed by atoms with Gasteiger partial charge >= 0.3 is 0 Å². The van der Waals surface area contributed by atoms with E-state index in [1.165, 1.54) is 4.88 Å². The number of fused-ring (bicyclic) bond motifs is 1. The molecule has 0 saturated carbocycles. The first-order chi connectivity index (χ1) is 13.2. The number of hydrogen-bond donors (Lipinski definition) is 1. The van der Waals surface area contributed by atoms with Gasteiger partial charge in [0.1, 0.15) is 11.4 Å². The van der Waals surface area contributed by atoms with Crippen LogP contribution >= 0.6 is 11.3 Å². The second-order valence-corrected chi connectivity index (χ2v) is 7.69. The number of aromatic amines is 1. The van der Waals surface area contributed by atoms with Crippen LogP contribution in [0.5, 0.6) is 5.75 Å². The highest BCUT2D eigenvalue weighted by Crippen LogP contribution is 2.44. The van der Waals surface area contributed by atoms with Gasteiger partial charge in [0.05, 0.1) is 18.8 Å². The maximum atomic E-state index is 13.1. The van der Waals surface area contributed by atoms with Crippen LogP contribution < -0.4 is 4.74 Å². The van der Waals surface area contributed by atoms with Gasteiger partial charge < -0.3 is 9.64 Å². The topological polar surface area (TPSA) is 58.2 Å². The SMILES string of the molecule is CCCCCN1C(=O)c2[nH]nc(-c3ccc(OC)cc3)c2C1c1cccs1. The van der Waals surface area contributed by atoms with Gasteiger partial charge in [-0.15, -0.1) is 11.3 Å². The average molecular weight is 382 g/mol. The average Bonchev–Trinajstić information content (AvgIpc) is 3.41. The molecule has 3 heterocycles. The van der Waals surface area contributed by atoms with Crippen molar-refractivity contribution >= 4 is 17.2 Å². The molecule has 1 atom stereocenters. The molecule has 1 aliphatic rings. The Morgan fingerprint density at radius 1 is 1.22 bits per heavy atom. The molecule has 6 heteroatoms. The molecule has 0 radical (unpaired) electrons. The van der Waals surface area contributed by atoms with Gasteiger partial charge in [0.15, 0.2) is 0 Å². The maximum absolute atomic E-state index is 13.1. The smallest absolute Gasteiger partial charge is 0.273 e. The highest BCUT2D eigenvalue weighted by molar-refractivity contribution is 7.10. The Balaban J connectivity index is 1.76. The number of nitrogens with one attached hydrogen (secondary N) is 1. The first-order valence-corrected chi connectivity index (χ1v) is 10.2. The van der Waals surface area contributed by atoms with Crippen LogP contribution in [0, 0.1) is 0 Å². The Morgan fingerprint density at radius 2 is 2.04 bits per heavy atom. The lowest BCUT2D eigenvalue weighted by atomic mass is 10.0. The van der Waals surface area contributed by atoms with E-state index in [0.29, 0.717) is 5.69 Å². The van der Waals surface area contributed by atoms with Crippen LogP contribution in [0.25, 0.3) is 11.3 Å². The van der Waals surface area contributed by atoms with Crippen LogP contribution in [0.1, 0.15) is 53.2 Å². The monoisotopic (exact) mass is 381 g/mol. The molecule has 0 fully saturated rings. The first kappa shape index (κ1) is 17.8. The van der Waals surface area contributed by atoms with Crippen molar-refractivity contribution in [3.05, 3.63) is 57.9 Å². The zero-order chi connectivity index (χ0) is 18.8. The summed E-state index contributed by atoms with van der Waals surface area (Å²) in [7, 11) is 1.65. The van der Waals surface area contributed by atoms with Crippen LogP contribution in [-0.4, -0.2) is 34.7 Å². The third-order valence-electron chi connectivity index (χ3n) is 5.04. The minimum Gasteiger partial charge on any atom is -0.497 e. The number of nitrogens with zero attached hydrogens (tertiary/aromatic N) is 2. The number of benzene rings is 1. The predicted molar refractivity (Wildman–Crippen MR) is 107 cm³/mol. The molecule has 2 aromatic heterocycles. The van der Waals surface area contributed by atoms with Gasteiger partial charge in [-0.1, -0.05) is 25.8 Å².